The smallest absolute Gasteiger partial charge is 0.414 e. The molecule has 0 aromatic heterocycles. The van der Waals surface area contributed by atoms with Crippen molar-refractivity contribution >= 4 is 23.7 Å². The standard InChI is InChI=1S/C17H24F4N2O.C2H2O4/c1-4-23(5-2)10-6-8-12-13(18)15(20)17(16(21)14(12)19)22-9-7-11-24-3;3-1(4)2(5)6/h6,8,22H,4-5,7,9-11H2,1-3H3;(H,3,4)(H,5,6)/b8-6+;. The summed E-state index contributed by atoms with van der Waals surface area (Å²) < 4.78 is 60.9. The number of carboxylic acids is 2. The van der Waals surface area contributed by atoms with Crippen molar-refractivity contribution in [1.82, 2.24) is 4.90 Å². The highest BCUT2D eigenvalue weighted by Gasteiger charge is 2.23. The minimum atomic E-state index is -1.82. The minimum Gasteiger partial charge on any atom is -0.473 e. The van der Waals surface area contributed by atoms with Crippen LogP contribution in [0.2, 0.25) is 0 Å². The SMILES string of the molecule is CCN(CC)C/C=C/c1c(F)c(F)c(NCCCOC)c(F)c1F.O=C(O)C(=O)O. The third-order valence-corrected chi connectivity index (χ3v) is 3.85. The Balaban J connectivity index is 0.00000122. The zero-order valence-electron chi connectivity index (χ0n) is 17.0. The molecule has 0 fully saturated rings. The van der Waals surface area contributed by atoms with Crippen LogP contribution in [0.1, 0.15) is 25.8 Å². The number of aliphatic carboxylic acids is 2. The number of carbonyl (C=O) groups is 2. The van der Waals surface area contributed by atoms with Crippen LogP contribution < -0.4 is 5.32 Å². The Hall–Kier alpha value is -2.66. The second-order valence-electron chi connectivity index (χ2n) is 5.82. The van der Waals surface area contributed by atoms with Crippen LogP contribution in [0.3, 0.4) is 0 Å². The molecule has 0 saturated heterocycles. The highest BCUT2D eigenvalue weighted by Crippen LogP contribution is 2.29. The topological polar surface area (TPSA) is 99.1 Å². The zero-order valence-corrected chi connectivity index (χ0v) is 17.0. The molecule has 0 heterocycles. The predicted molar refractivity (Wildman–Crippen MR) is 103 cm³/mol. The Labute approximate surface area is 171 Å². The summed E-state index contributed by atoms with van der Waals surface area (Å²) in [5.41, 5.74) is -1.50. The van der Waals surface area contributed by atoms with E-state index in [-0.39, 0.29) is 6.54 Å². The summed E-state index contributed by atoms with van der Waals surface area (Å²) in [5.74, 6) is -9.30. The quantitative estimate of drug-likeness (QED) is 0.223. The van der Waals surface area contributed by atoms with Crippen molar-refractivity contribution in [2.75, 3.05) is 45.2 Å². The lowest BCUT2D eigenvalue weighted by Crippen LogP contribution is -2.22. The first-order valence-corrected chi connectivity index (χ1v) is 9.06. The van der Waals surface area contributed by atoms with E-state index in [4.69, 9.17) is 24.5 Å². The normalized spacial score (nSPS) is 10.8. The lowest BCUT2D eigenvalue weighted by atomic mass is 10.1. The Bertz CT molecular complexity index is 699. The fourth-order valence-corrected chi connectivity index (χ4v) is 2.18. The van der Waals surface area contributed by atoms with E-state index in [1.165, 1.54) is 13.2 Å². The maximum absolute atomic E-state index is 14.1. The van der Waals surface area contributed by atoms with Gasteiger partial charge in [0.1, 0.15) is 5.69 Å². The van der Waals surface area contributed by atoms with Crippen molar-refractivity contribution < 1.29 is 42.1 Å². The molecule has 0 aliphatic carbocycles. The molecule has 0 atom stereocenters. The molecule has 11 heteroatoms. The van der Waals surface area contributed by atoms with E-state index in [9.17, 15) is 17.6 Å². The van der Waals surface area contributed by atoms with Gasteiger partial charge in [-0.15, -0.1) is 0 Å². The van der Waals surface area contributed by atoms with Crippen LogP contribution in [0.25, 0.3) is 6.08 Å². The molecule has 0 bridgehead atoms. The molecular formula is C19H26F4N2O5. The van der Waals surface area contributed by atoms with Gasteiger partial charge in [-0.05, 0) is 19.5 Å². The monoisotopic (exact) mass is 438 g/mol. The number of rotatable bonds is 10. The first-order chi connectivity index (χ1) is 14.1. The second kappa shape index (κ2) is 14.3. The third kappa shape index (κ3) is 8.78. The number of anilines is 1. The van der Waals surface area contributed by atoms with Crippen LogP contribution >= 0.6 is 0 Å². The first-order valence-electron chi connectivity index (χ1n) is 9.06. The Morgan fingerprint density at radius 2 is 1.50 bits per heavy atom. The van der Waals surface area contributed by atoms with Crippen molar-refractivity contribution in [1.29, 1.82) is 0 Å². The maximum Gasteiger partial charge on any atom is 0.414 e. The molecular weight excluding hydrogens is 412 g/mol. The minimum absolute atomic E-state index is 0.137. The number of ether oxygens (including phenoxy) is 1. The van der Waals surface area contributed by atoms with Gasteiger partial charge in [-0.1, -0.05) is 26.0 Å². The number of likely N-dealkylation sites (N-methyl/N-ethyl adjacent to an activating group) is 1. The molecule has 0 spiro atoms. The highest BCUT2D eigenvalue weighted by atomic mass is 19.2. The molecule has 0 aliphatic rings. The fraction of sp³-hybridized carbons (Fsp3) is 0.474. The van der Waals surface area contributed by atoms with Crippen molar-refractivity contribution in [3.8, 4) is 0 Å². The lowest BCUT2D eigenvalue weighted by Gasteiger charge is -2.15. The number of hydrogen-bond donors (Lipinski definition) is 3. The summed E-state index contributed by atoms with van der Waals surface area (Å²) in [6.07, 6.45) is 3.01. The van der Waals surface area contributed by atoms with Gasteiger partial charge in [-0.25, -0.2) is 27.2 Å². The molecule has 0 aliphatic heterocycles. The van der Waals surface area contributed by atoms with Gasteiger partial charge in [0, 0.05) is 26.8 Å². The number of nitrogens with one attached hydrogen (secondary N) is 1. The number of hydrogen-bond acceptors (Lipinski definition) is 5. The van der Waals surface area contributed by atoms with Crippen LogP contribution in [-0.2, 0) is 14.3 Å². The van der Waals surface area contributed by atoms with Gasteiger partial charge in [0.25, 0.3) is 0 Å². The fourth-order valence-electron chi connectivity index (χ4n) is 2.18. The zero-order chi connectivity index (χ0) is 23.3. The van der Waals surface area contributed by atoms with E-state index in [2.05, 4.69) is 5.32 Å². The van der Waals surface area contributed by atoms with Gasteiger partial charge < -0.3 is 25.2 Å². The Morgan fingerprint density at radius 3 is 1.90 bits per heavy atom. The number of halogens is 4. The van der Waals surface area contributed by atoms with Crippen molar-refractivity contribution in [3.05, 3.63) is 34.9 Å². The van der Waals surface area contributed by atoms with Crippen LogP contribution in [0.5, 0.6) is 0 Å². The molecule has 3 N–H and O–H groups in total. The molecule has 1 rings (SSSR count). The molecule has 1 aromatic rings. The van der Waals surface area contributed by atoms with Crippen LogP contribution in [0, 0.1) is 23.3 Å². The molecule has 0 radical (unpaired) electrons. The summed E-state index contributed by atoms with van der Waals surface area (Å²) in [6.45, 7) is 6.36. The Morgan fingerprint density at radius 1 is 1.00 bits per heavy atom. The third-order valence-electron chi connectivity index (χ3n) is 3.85. The molecule has 0 amide bonds. The summed E-state index contributed by atoms with van der Waals surface area (Å²) in [7, 11) is 1.49. The molecule has 1 aromatic carbocycles. The van der Waals surface area contributed by atoms with Gasteiger partial charge in [0.15, 0.2) is 23.3 Å². The van der Waals surface area contributed by atoms with Crippen LogP contribution in [0.15, 0.2) is 6.08 Å². The summed E-state index contributed by atoms with van der Waals surface area (Å²) in [5, 5.41) is 17.2. The van der Waals surface area contributed by atoms with Gasteiger partial charge in [-0.3, -0.25) is 0 Å². The summed E-state index contributed by atoms with van der Waals surface area (Å²) in [4.78, 5) is 20.2. The van der Waals surface area contributed by atoms with E-state index in [0.717, 1.165) is 19.2 Å². The predicted octanol–water partition coefficient (Wildman–Crippen LogP) is 3.20. The summed E-state index contributed by atoms with van der Waals surface area (Å²) in [6, 6.07) is 0. The van der Waals surface area contributed by atoms with Gasteiger partial charge in [0.05, 0.1) is 5.56 Å². The van der Waals surface area contributed by atoms with E-state index >= 15 is 0 Å². The number of methoxy groups -OCH3 is 1. The highest BCUT2D eigenvalue weighted by molar-refractivity contribution is 6.27. The number of benzene rings is 1. The largest absolute Gasteiger partial charge is 0.473 e. The molecule has 0 unspecified atom stereocenters. The van der Waals surface area contributed by atoms with Gasteiger partial charge in [-0.2, -0.15) is 0 Å². The lowest BCUT2D eigenvalue weighted by molar-refractivity contribution is -0.159. The van der Waals surface area contributed by atoms with Crippen molar-refractivity contribution in [3.63, 3.8) is 0 Å². The second-order valence-corrected chi connectivity index (χ2v) is 5.82. The average Bonchev–Trinajstić information content (AvgIpc) is 2.71. The Kier molecular flexibility index (Phi) is 13.1. The van der Waals surface area contributed by atoms with Gasteiger partial charge >= 0.3 is 11.9 Å². The first kappa shape index (κ1) is 27.3. The van der Waals surface area contributed by atoms with Crippen molar-refractivity contribution in [2.24, 2.45) is 0 Å². The molecule has 7 nitrogen and oxygen atoms in total. The van der Waals surface area contributed by atoms with Crippen molar-refractivity contribution in [2.45, 2.75) is 20.3 Å². The van der Waals surface area contributed by atoms with E-state index in [0.29, 0.717) is 19.6 Å². The summed E-state index contributed by atoms with van der Waals surface area (Å²) >= 11 is 0. The molecule has 170 valence electrons. The average molecular weight is 438 g/mol. The van der Waals surface area contributed by atoms with Crippen LogP contribution in [-0.4, -0.2) is 66.9 Å². The van der Waals surface area contributed by atoms with E-state index in [1.54, 1.807) is 0 Å². The maximum atomic E-state index is 14.1. The number of nitrogens with zero attached hydrogens (tertiary/aromatic N) is 1. The van der Waals surface area contributed by atoms with E-state index in [1.807, 2.05) is 18.7 Å². The number of carboxylic acid groups (broad SMARTS) is 2. The molecule has 30 heavy (non-hydrogen) atoms. The van der Waals surface area contributed by atoms with E-state index < -0.39 is 46.5 Å². The van der Waals surface area contributed by atoms with Gasteiger partial charge in [0.2, 0.25) is 0 Å². The molecule has 0 saturated carbocycles. The van der Waals surface area contributed by atoms with Crippen LogP contribution in [0.4, 0.5) is 23.2 Å².